The van der Waals surface area contributed by atoms with Crippen molar-refractivity contribution in [1.29, 1.82) is 0 Å². The van der Waals surface area contributed by atoms with E-state index < -0.39 is 10.0 Å². The smallest absolute Gasteiger partial charge is 0.251 e. The zero-order valence-corrected chi connectivity index (χ0v) is 18.5. The van der Waals surface area contributed by atoms with Gasteiger partial charge in [-0.2, -0.15) is 0 Å². The summed E-state index contributed by atoms with van der Waals surface area (Å²) < 4.78 is 27.8. The number of carbonyl (C=O) groups excluding carboxylic acids is 1. The van der Waals surface area contributed by atoms with E-state index in [1.165, 1.54) is 25.0 Å². The van der Waals surface area contributed by atoms with E-state index >= 15 is 0 Å². The van der Waals surface area contributed by atoms with Crippen LogP contribution in [0.5, 0.6) is 0 Å². The molecule has 2 N–H and O–H groups in total. The third kappa shape index (κ3) is 6.14. The van der Waals surface area contributed by atoms with Crippen LogP contribution in [0.3, 0.4) is 0 Å². The number of piperidine rings is 1. The van der Waals surface area contributed by atoms with E-state index in [1.807, 2.05) is 30.3 Å². The van der Waals surface area contributed by atoms with Crippen LogP contribution in [-0.4, -0.2) is 44.9 Å². The molecule has 1 unspecified atom stereocenters. The Morgan fingerprint density at radius 1 is 1.10 bits per heavy atom. The van der Waals surface area contributed by atoms with E-state index in [1.54, 1.807) is 12.1 Å². The van der Waals surface area contributed by atoms with E-state index in [4.69, 9.17) is 0 Å². The summed E-state index contributed by atoms with van der Waals surface area (Å²) >= 11 is 0. The van der Waals surface area contributed by atoms with Gasteiger partial charge < -0.3 is 5.32 Å². The van der Waals surface area contributed by atoms with Crippen molar-refractivity contribution >= 4 is 15.9 Å². The molecule has 1 aliphatic rings. The van der Waals surface area contributed by atoms with Gasteiger partial charge >= 0.3 is 0 Å². The van der Waals surface area contributed by atoms with E-state index in [0.717, 1.165) is 24.6 Å². The molecule has 0 saturated carbocycles. The van der Waals surface area contributed by atoms with E-state index in [2.05, 4.69) is 28.8 Å². The molecule has 1 aliphatic heterocycles. The summed E-state index contributed by atoms with van der Waals surface area (Å²) in [6.45, 7) is 7.24. The minimum Gasteiger partial charge on any atom is -0.350 e. The van der Waals surface area contributed by atoms with Crippen molar-refractivity contribution in [2.24, 2.45) is 5.92 Å². The Morgan fingerprint density at radius 2 is 1.80 bits per heavy atom. The molecule has 1 saturated heterocycles. The van der Waals surface area contributed by atoms with Crippen LogP contribution in [0.15, 0.2) is 59.5 Å². The lowest BCUT2D eigenvalue weighted by Crippen LogP contribution is -2.45. The predicted octanol–water partition coefficient (Wildman–Crippen LogP) is 3.02. The lowest BCUT2D eigenvalue weighted by molar-refractivity contribution is 0.0921. The van der Waals surface area contributed by atoms with Crippen molar-refractivity contribution in [2.45, 2.75) is 44.2 Å². The summed E-state index contributed by atoms with van der Waals surface area (Å²) in [6.07, 6.45) is 2.38. The molecule has 0 aliphatic carbocycles. The minimum absolute atomic E-state index is 0.0872. The lowest BCUT2D eigenvalue weighted by atomic mass is 9.98. The molecule has 1 fully saturated rings. The first-order chi connectivity index (χ1) is 14.3. The molecule has 3 rings (SSSR count). The fraction of sp³-hybridized carbons (Fsp3) is 0.435. The highest BCUT2D eigenvalue weighted by molar-refractivity contribution is 7.89. The zero-order chi connectivity index (χ0) is 21.6. The van der Waals surface area contributed by atoms with Crippen LogP contribution < -0.4 is 10.0 Å². The summed E-state index contributed by atoms with van der Waals surface area (Å²) in [5.41, 5.74) is 1.22. The van der Waals surface area contributed by atoms with Gasteiger partial charge in [-0.3, -0.25) is 9.69 Å². The molecule has 0 bridgehead atoms. The molecule has 2 aromatic carbocycles. The molecule has 1 amide bonds. The molecule has 0 radical (unpaired) electrons. The lowest BCUT2D eigenvalue weighted by Gasteiger charge is -2.35. The second-order valence-electron chi connectivity index (χ2n) is 8.12. The van der Waals surface area contributed by atoms with Gasteiger partial charge in [-0.1, -0.05) is 43.3 Å². The number of hydrogen-bond acceptors (Lipinski definition) is 4. The standard InChI is InChI=1S/C23H31N3O3S/c1-18-11-13-26(14-12-18)19(2)16-24-23(27)21-9-6-10-22(15-21)30(28,29)25-17-20-7-4-3-5-8-20/h3-10,15,18-19,25H,11-14,16-17H2,1-2H3,(H,24,27). The van der Waals surface area contributed by atoms with Gasteiger partial charge in [-0.05, 0) is 62.5 Å². The molecular formula is C23H31N3O3S. The first kappa shape index (κ1) is 22.5. The summed E-state index contributed by atoms with van der Waals surface area (Å²) in [7, 11) is -3.71. The molecule has 1 atom stereocenters. The minimum atomic E-state index is -3.71. The van der Waals surface area contributed by atoms with Crippen molar-refractivity contribution < 1.29 is 13.2 Å². The van der Waals surface area contributed by atoms with Gasteiger partial charge in [0.25, 0.3) is 5.91 Å². The highest BCUT2D eigenvalue weighted by atomic mass is 32.2. The van der Waals surface area contributed by atoms with Crippen LogP contribution in [0.2, 0.25) is 0 Å². The molecular weight excluding hydrogens is 398 g/mol. The quantitative estimate of drug-likeness (QED) is 0.676. The average molecular weight is 430 g/mol. The van der Waals surface area contributed by atoms with Crippen LogP contribution in [0.25, 0.3) is 0 Å². The van der Waals surface area contributed by atoms with Crippen molar-refractivity contribution in [3.63, 3.8) is 0 Å². The third-order valence-electron chi connectivity index (χ3n) is 5.72. The summed E-state index contributed by atoms with van der Waals surface area (Å²) in [4.78, 5) is 15.1. The van der Waals surface area contributed by atoms with Gasteiger partial charge in [0, 0.05) is 24.7 Å². The van der Waals surface area contributed by atoms with E-state index in [0.29, 0.717) is 12.1 Å². The van der Waals surface area contributed by atoms with E-state index in [9.17, 15) is 13.2 Å². The maximum Gasteiger partial charge on any atom is 0.251 e. The molecule has 0 spiro atoms. The average Bonchev–Trinajstić information content (AvgIpc) is 2.77. The predicted molar refractivity (Wildman–Crippen MR) is 119 cm³/mol. The first-order valence-electron chi connectivity index (χ1n) is 10.5. The Bertz CT molecular complexity index is 939. The van der Waals surface area contributed by atoms with Gasteiger partial charge in [-0.25, -0.2) is 13.1 Å². The number of amides is 1. The Balaban J connectivity index is 1.57. The molecule has 30 heavy (non-hydrogen) atoms. The number of nitrogens with zero attached hydrogens (tertiary/aromatic N) is 1. The van der Waals surface area contributed by atoms with Crippen LogP contribution in [0.1, 0.15) is 42.6 Å². The SMILES string of the molecule is CC1CCN(C(C)CNC(=O)c2cccc(S(=O)(=O)NCc3ccccc3)c2)CC1. The normalized spacial score (nSPS) is 16.9. The van der Waals surface area contributed by atoms with E-state index in [-0.39, 0.29) is 23.4 Å². The van der Waals surface area contributed by atoms with Gasteiger partial charge in [0.1, 0.15) is 0 Å². The fourth-order valence-electron chi connectivity index (χ4n) is 3.60. The molecule has 1 heterocycles. The van der Waals surface area contributed by atoms with Crippen LogP contribution >= 0.6 is 0 Å². The topological polar surface area (TPSA) is 78.5 Å². The molecule has 0 aromatic heterocycles. The van der Waals surface area contributed by atoms with Gasteiger partial charge in [0.05, 0.1) is 4.90 Å². The monoisotopic (exact) mass is 429 g/mol. The number of nitrogens with one attached hydrogen (secondary N) is 2. The number of carbonyl (C=O) groups is 1. The van der Waals surface area contributed by atoms with Crippen LogP contribution in [-0.2, 0) is 16.6 Å². The second-order valence-corrected chi connectivity index (χ2v) is 9.88. The van der Waals surface area contributed by atoms with Gasteiger partial charge in [0.15, 0.2) is 0 Å². The Morgan fingerprint density at radius 3 is 2.50 bits per heavy atom. The Kier molecular flexibility index (Phi) is 7.64. The fourth-order valence-corrected chi connectivity index (χ4v) is 4.67. The Hall–Kier alpha value is -2.22. The highest BCUT2D eigenvalue weighted by Gasteiger charge is 2.21. The number of sulfonamides is 1. The second kappa shape index (κ2) is 10.2. The van der Waals surface area contributed by atoms with Gasteiger partial charge in [0.2, 0.25) is 10.0 Å². The molecule has 162 valence electrons. The Labute approximate surface area is 179 Å². The third-order valence-corrected chi connectivity index (χ3v) is 7.11. The molecule has 7 heteroatoms. The van der Waals surface area contributed by atoms with Crippen LogP contribution in [0.4, 0.5) is 0 Å². The summed E-state index contributed by atoms with van der Waals surface area (Å²) in [5, 5.41) is 2.95. The number of likely N-dealkylation sites (tertiary alicyclic amines) is 1. The van der Waals surface area contributed by atoms with Crippen molar-refractivity contribution in [3.8, 4) is 0 Å². The number of rotatable bonds is 8. The maximum atomic E-state index is 12.6. The maximum absolute atomic E-state index is 12.6. The van der Waals surface area contributed by atoms with Crippen LogP contribution in [0, 0.1) is 5.92 Å². The first-order valence-corrected chi connectivity index (χ1v) is 12.0. The zero-order valence-electron chi connectivity index (χ0n) is 17.7. The highest BCUT2D eigenvalue weighted by Crippen LogP contribution is 2.18. The summed E-state index contributed by atoms with van der Waals surface area (Å²) in [6, 6.07) is 15.7. The van der Waals surface area contributed by atoms with Crippen molar-refractivity contribution in [1.82, 2.24) is 14.9 Å². The molecule has 2 aromatic rings. The number of hydrogen-bond donors (Lipinski definition) is 2. The van der Waals surface area contributed by atoms with Crippen molar-refractivity contribution in [3.05, 3.63) is 65.7 Å². The molecule has 6 nitrogen and oxygen atoms in total. The largest absolute Gasteiger partial charge is 0.350 e. The van der Waals surface area contributed by atoms with Crippen molar-refractivity contribution in [2.75, 3.05) is 19.6 Å². The van der Waals surface area contributed by atoms with Gasteiger partial charge in [-0.15, -0.1) is 0 Å². The number of benzene rings is 2. The summed E-state index contributed by atoms with van der Waals surface area (Å²) in [5.74, 6) is 0.510.